The maximum absolute atomic E-state index is 13.6. The third-order valence-corrected chi connectivity index (χ3v) is 5.97. The van der Waals surface area contributed by atoms with Crippen LogP contribution in [0.5, 0.6) is 0 Å². The van der Waals surface area contributed by atoms with Crippen molar-refractivity contribution in [2.75, 3.05) is 0 Å². The second kappa shape index (κ2) is 8.68. The summed E-state index contributed by atoms with van der Waals surface area (Å²) in [5.74, 6) is -0.803. The van der Waals surface area contributed by atoms with Gasteiger partial charge in [0, 0.05) is 35.4 Å². The highest BCUT2D eigenvalue weighted by Crippen LogP contribution is 2.26. The van der Waals surface area contributed by atoms with Gasteiger partial charge < -0.3 is 5.32 Å². The summed E-state index contributed by atoms with van der Waals surface area (Å²) in [6.07, 6.45) is 4.72. The van der Waals surface area contributed by atoms with E-state index in [1.54, 1.807) is 49.6 Å². The fraction of sp³-hybridized carbons (Fsp3) is 0.0769. The monoisotopic (exact) mass is 472 g/mol. The molecule has 8 heteroatoms. The molecule has 168 valence electrons. The predicted octanol–water partition coefficient (Wildman–Crippen LogP) is 5.22. The maximum Gasteiger partial charge on any atom is 0.264 e. The zero-order valence-electron chi connectivity index (χ0n) is 18.0. The molecule has 2 aromatic carbocycles. The first-order valence-electron chi connectivity index (χ1n) is 10.5. The number of halogens is 2. The van der Waals surface area contributed by atoms with Gasteiger partial charge in [0.25, 0.3) is 11.5 Å². The minimum Gasteiger partial charge on any atom is -0.344 e. The highest BCUT2D eigenvalue weighted by atomic mass is 35.5. The zero-order valence-corrected chi connectivity index (χ0v) is 18.8. The van der Waals surface area contributed by atoms with Crippen molar-refractivity contribution in [3.05, 3.63) is 112 Å². The topological polar surface area (TPSA) is 76.9 Å². The molecule has 0 saturated carbocycles. The highest BCUT2D eigenvalue weighted by molar-refractivity contribution is 6.35. The zero-order chi connectivity index (χ0) is 23.8. The molecule has 6 nitrogen and oxygen atoms in total. The van der Waals surface area contributed by atoms with Gasteiger partial charge in [-0.15, -0.1) is 0 Å². The molecule has 0 spiro atoms. The normalized spacial score (nSPS) is 12.1. The Kier molecular flexibility index (Phi) is 5.55. The largest absolute Gasteiger partial charge is 0.344 e. The molecular formula is C26H18ClFN4O2. The Hall–Kier alpha value is -4.10. The molecule has 0 fully saturated rings. The molecule has 1 N–H and O–H groups in total. The van der Waals surface area contributed by atoms with Crippen LogP contribution >= 0.6 is 11.6 Å². The Morgan fingerprint density at radius 2 is 1.82 bits per heavy atom. The van der Waals surface area contributed by atoms with Crippen molar-refractivity contribution < 1.29 is 9.18 Å². The quantitative estimate of drug-likeness (QED) is 0.389. The van der Waals surface area contributed by atoms with Crippen LogP contribution < -0.4 is 10.9 Å². The number of rotatable bonds is 4. The summed E-state index contributed by atoms with van der Waals surface area (Å²) in [5.41, 5.74) is 1.46. The van der Waals surface area contributed by atoms with Gasteiger partial charge in [-0.3, -0.25) is 24.1 Å². The van der Waals surface area contributed by atoms with Gasteiger partial charge in [0.2, 0.25) is 0 Å². The third kappa shape index (κ3) is 3.80. The van der Waals surface area contributed by atoms with Crippen LogP contribution in [0.15, 0.2) is 84.0 Å². The number of aromatic nitrogens is 3. The van der Waals surface area contributed by atoms with Crippen molar-refractivity contribution >= 4 is 39.2 Å². The lowest BCUT2D eigenvalue weighted by atomic mass is 10.1. The number of pyridine rings is 3. The average molecular weight is 473 g/mol. The molecule has 34 heavy (non-hydrogen) atoms. The Morgan fingerprint density at radius 1 is 1.06 bits per heavy atom. The number of benzene rings is 2. The van der Waals surface area contributed by atoms with E-state index < -0.39 is 11.9 Å². The number of hydrogen-bond donors (Lipinski definition) is 1. The molecule has 1 amide bonds. The summed E-state index contributed by atoms with van der Waals surface area (Å²) in [5, 5.41) is 4.99. The molecule has 0 radical (unpaired) electrons. The molecule has 5 aromatic rings. The Bertz CT molecular complexity index is 1610. The van der Waals surface area contributed by atoms with Crippen LogP contribution in [0.25, 0.3) is 27.4 Å². The van der Waals surface area contributed by atoms with E-state index in [9.17, 15) is 14.0 Å². The van der Waals surface area contributed by atoms with Crippen LogP contribution in [-0.2, 0) is 0 Å². The summed E-state index contributed by atoms with van der Waals surface area (Å²) in [7, 11) is 0. The molecule has 3 aromatic heterocycles. The molecule has 1 atom stereocenters. The molecular weight excluding hydrogens is 455 g/mol. The van der Waals surface area contributed by atoms with Crippen molar-refractivity contribution in [1.29, 1.82) is 0 Å². The first-order valence-corrected chi connectivity index (χ1v) is 10.9. The van der Waals surface area contributed by atoms with Gasteiger partial charge in [-0.25, -0.2) is 4.39 Å². The van der Waals surface area contributed by atoms with Crippen molar-refractivity contribution in [2.45, 2.75) is 13.0 Å². The number of nitrogens with one attached hydrogen (secondary N) is 1. The summed E-state index contributed by atoms with van der Waals surface area (Å²) < 4.78 is 15.0. The minimum absolute atomic E-state index is 0.314. The predicted molar refractivity (Wildman–Crippen MR) is 130 cm³/mol. The van der Waals surface area contributed by atoms with E-state index >= 15 is 0 Å². The van der Waals surface area contributed by atoms with Crippen molar-refractivity contribution in [2.24, 2.45) is 0 Å². The Labute approximate surface area is 198 Å². The van der Waals surface area contributed by atoms with Crippen LogP contribution in [0.2, 0.25) is 5.02 Å². The van der Waals surface area contributed by atoms with Gasteiger partial charge in [-0.1, -0.05) is 23.7 Å². The van der Waals surface area contributed by atoms with E-state index in [1.165, 1.54) is 35.0 Å². The first kappa shape index (κ1) is 21.7. The minimum atomic E-state index is -0.590. The van der Waals surface area contributed by atoms with E-state index in [0.717, 1.165) is 5.39 Å². The smallest absolute Gasteiger partial charge is 0.264 e. The SMILES string of the molecule is CC(NC(=O)c1cncc2cccnc12)c1cc2cccc(Cl)c2c(=O)n1-c1ccc(F)cc1. The molecule has 0 aliphatic carbocycles. The molecule has 0 aliphatic rings. The molecule has 0 aliphatic heterocycles. The maximum atomic E-state index is 13.6. The number of carbonyl (C=O) groups excluding carboxylic acids is 1. The van der Waals surface area contributed by atoms with Crippen molar-refractivity contribution in [3.8, 4) is 5.69 Å². The summed E-state index contributed by atoms with van der Waals surface area (Å²) in [6, 6.07) is 15.6. The lowest BCUT2D eigenvalue weighted by Crippen LogP contribution is -2.32. The number of amides is 1. The lowest BCUT2D eigenvalue weighted by molar-refractivity contribution is 0.0940. The van der Waals surface area contributed by atoms with E-state index in [0.29, 0.717) is 38.3 Å². The molecule has 0 bridgehead atoms. The first-order chi connectivity index (χ1) is 16.4. The van der Waals surface area contributed by atoms with E-state index in [2.05, 4.69) is 15.3 Å². The fourth-order valence-electron chi connectivity index (χ4n) is 4.03. The summed E-state index contributed by atoms with van der Waals surface area (Å²) in [6.45, 7) is 1.77. The van der Waals surface area contributed by atoms with Crippen LogP contribution in [0.1, 0.15) is 29.0 Å². The van der Waals surface area contributed by atoms with Gasteiger partial charge >= 0.3 is 0 Å². The van der Waals surface area contributed by atoms with Gasteiger partial charge in [0.05, 0.1) is 27.5 Å². The number of carbonyl (C=O) groups is 1. The molecule has 3 heterocycles. The van der Waals surface area contributed by atoms with Crippen LogP contribution in [0.3, 0.4) is 0 Å². The van der Waals surface area contributed by atoms with Crippen LogP contribution in [0.4, 0.5) is 4.39 Å². The third-order valence-electron chi connectivity index (χ3n) is 5.66. The molecule has 0 saturated heterocycles. The number of nitrogens with zero attached hydrogens (tertiary/aromatic N) is 3. The summed E-state index contributed by atoms with van der Waals surface area (Å²) >= 11 is 6.34. The van der Waals surface area contributed by atoms with Gasteiger partial charge in [-0.05, 0) is 60.8 Å². The highest BCUT2D eigenvalue weighted by Gasteiger charge is 2.21. The van der Waals surface area contributed by atoms with Gasteiger partial charge in [0.1, 0.15) is 5.82 Å². The Morgan fingerprint density at radius 3 is 2.62 bits per heavy atom. The van der Waals surface area contributed by atoms with Crippen molar-refractivity contribution in [3.63, 3.8) is 0 Å². The molecule has 5 rings (SSSR count). The number of fused-ring (bicyclic) bond motifs is 2. The van der Waals surface area contributed by atoms with E-state index in [4.69, 9.17) is 11.6 Å². The van der Waals surface area contributed by atoms with E-state index in [1.807, 2.05) is 6.07 Å². The molecule has 1 unspecified atom stereocenters. The number of hydrogen-bond acceptors (Lipinski definition) is 4. The standard InChI is InChI=1S/C26H18ClFN4O2/c1-15(31-25(33)20-14-29-13-17-5-3-11-30-24(17)20)22-12-16-4-2-6-21(27)23(16)26(34)32(22)19-9-7-18(28)8-10-19/h2-15H,1H3,(H,31,33). The second-order valence-electron chi connectivity index (χ2n) is 7.85. The average Bonchev–Trinajstić information content (AvgIpc) is 2.84. The van der Waals surface area contributed by atoms with E-state index in [-0.39, 0.29) is 11.5 Å². The Balaban J connectivity index is 1.63. The van der Waals surface area contributed by atoms with Crippen LogP contribution in [-0.4, -0.2) is 20.4 Å². The second-order valence-corrected chi connectivity index (χ2v) is 8.25. The fourth-order valence-corrected chi connectivity index (χ4v) is 4.29. The van der Waals surface area contributed by atoms with Gasteiger partial charge in [-0.2, -0.15) is 0 Å². The van der Waals surface area contributed by atoms with Crippen LogP contribution in [0, 0.1) is 5.82 Å². The summed E-state index contributed by atoms with van der Waals surface area (Å²) in [4.78, 5) is 35.2. The van der Waals surface area contributed by atoms with Gasteiger partial charge in [0.15, 0.2) is 0 Å². The lowest BCUT2D eigenvalue weighted by Gasteiger charge is -2.21. The van der Waals surface area contributed by atoms with Crippen molar-refractivity contribution in [1.82, 2.24) is 19.9 Å².